The van der Waals surface area contributed by atoms with Gasteiger partial charge >= 0.3 is 0 Å². The molecule has 0 bridgehead atoms. The van der Waals surface area contributed by atoms with Crippen LogP contribution in [-0.2, 0) is 12.8 Å². The van der Waals surface area contributed by atoms with E-state index < -0.39 is 0 Å². The molecule has 2 aromatic rings. The van der Waals surface area contributed by atoms with Crippen LogP contribution in [0.25, 0.3) is 5.76 Å². The van der Waals surface area contributed by atoms with E-state index in [0.717, 1.165) is 31.2 Å². The second kappa shape index (κ2) is 5.73. The monoisotopic (exact) mass is 334 g/mol. The first-order valence-electron chi connectivity index (χ1n) is 7.86. The predicted molar refractivity (Wildman–Crippen MR) is 94.1 cm³/mol. The Morgan fingerprint density at radius 1 is 1.21 bits per heavy atom. The SMILES string of the molecule is N#Cc1c(/N=C/C2=C(O)c3ccccc3C2=O)sc2c1CCCC2. The van der Waals surface area contributed by atoms with E-state index in [-0.39, 0.29) is 17.1 Å². The number of fused-ring (bicyclic) bond motifs is 2. The lowest BCUT2D eigenvalue weighted by Gasteiger charge is -2.09. The maximum atomic E-state index is 12.4. The number of aliphatic imine (C=N–C) groups is 1. The summed E-state index contributed by atoms with van der Waals surface area (Å²) < 4.78 is 0. The molecule has 1 N–H and O–H groups in total. The van der Waals surface area contributed by atoms with Crippen molar-refractivity contribution in [1.29, 1.82) is 5.26 Å². The van der Waals surface area contributed by atoms with Crippen LogP contribution in [0, 0.1) is 11.3 Å². The van der Waals surface area contributed by atoms with Gasteiger partial charge in [-0.05, 0) is 31.2 Å². The molecular formula is C19H14N2O2S. The summed E-state index contributed by atoms with van der Waals surface area (Å²) in [6, 6.07) is 9.21. The zero-order valence-electron chi connectivity index (χ0n) is 12.9. The van der Waals surface area contributed by atoms with Gasteiger partial charge in [0.05, 0.1) is 11.1 Å². The summed E-state index contributed by atoms with van der Waals surface area (Å²) in [5.41, 5.74) is 2.94. The molecule has 0 amide bonds. The number of hydrogen-bond acceptors (Lipinski definition) is 5. The van der Waals surface area contributed by atoms with Crippen molar-refractivity contribution >= 4 is 34.1 Å². The third kappa shape index (κ3) is 2.19. The number of ketones is 1. The molecule has 0 atom stereocenters. The number of allylic oxidation sites excluding steroid dienone is 1. The van der Waals surface area contributed by atoms with E-state index >= 15 is 0 Å². The second-order valence-corrected chi connectivity index (χ2v) is 6.98. The largest absolute Gasteiger partial charge is 0.506 e. The number of hydrogen-bond donors (Lipinski definition) is 1. The molecule has 4 rings (SSSR count). The number of rotatable bonds is 2. The van der Waals surface area contributed by atoms with Gasteiger partial charge in [0.2, 0.25) is 0 Å². The number of carbonyl (C=O) groups excluding carboxylic acids is 1. The lowest BCUT2D eigenvalue weighted by atomic mass is 9.96. The minimum Gasteiger partial charge on any atom is -0.506 e. The molecule has 5 heteroatoms. The fraction of sp³-hybridized carbons (Fsp3) is 0.211. The molecule has 2 aliphatic carbocycles. The van der Waals surface area contributed by atoms with Gasteiger partial charge in [0.15, 0.2) is 5.78 Å². The van der Waals surface area contributed by atoms with Crippen LogP contribution in [0.3, 0.4) is 0 Å². The van der Waals surface area contributed by atoms with Crippen molar-refractivity contribution in [2.75, 3.05) is 0 Å². The summed E-state index contributed by atoms with van der Waals surface area (Å²) in [6.45, 7) is 0. The minimum atomic E-state index is -0.230. The minimum absolute atomic E-state index is 0.0424. The lowest BCUT2D eigenvalue weighted by Crippen LogP contribution is -2.00. The topological polar surface area (TPSA) is 73.4 Å². The van der Waals surface area contributed by atoms with Gasteiger partial charge < -0.3 is 5.11 Å². The number of thiophene rings is 1. The van der Waals surface area contributed by atoms with Crippen LogP contribution in [0.5, 0.6) is 0 Å². The van der Waals surface area contributed by atoms with E-state index in [1.165, 1.54) is 22.4 Å². The van der Waals surface area contributed by atoms with E-state index in [0.29, 0.717) is 21.7 Å². The maximum Gasteiger partial charge on any atom is 0.199 e. The van der Waals surface area contributed by atoms with Gasteiger partial charge in [0.25, 0.3) is 0 Å². The molecule has 118 valence electrons. The zero-order valence-corrected chi connectivity index (χ0v) is 13.7. The Morgan fingerprint density at radius 2 is 1.96 bits per heavy atom. The van der Waals surface area contributed by atoms with Gasteiger partial charge in [-0.2, -0.15) is 5.26 Å². The number of carbonyl (C=O) groups is 1. The van der Waals surface area contributed by atoms with E-state index in [9.17, 15) is 15.2 Å². The fourth-order valence-electron chi connectivity index (χ4n) is 3.29. The van der Waals surface area contributed by atoms with Crippen LogP contribution in [0.1, 0.15) is 44.8 Å². The van der Waals surface area contributed by atoms with Crippen molar-refractivity contribution in [3.05, 3.63) is 57.0 Å². The van der Waals surface area contributed by atoms with Gasteiger partial charge in [-0.3, -0.25) is 4.79 Å². The zero-order chi connectivity index (χ0) is 16.7. The summed E-state index contributed by atoms with van der Waals surface area (Å²) in [5, 5.41) is 20.4. The number of aryl methyl sites for hydroxylation is 1. The third-order valence-electron chi connectivity index (χ3n) is 4.50. The Bertz CT molecular complexity index is 960. The molecule has 0 saturated heterocycles. The van der Waals surface area contributed by atoms with E-state index in [2.05, 4.69) is 11.1 Å². The van der Waals surface area contributed by atoms with E-state index in [1.807, 2.05) is 0 Å². The predicted octanol–water partition coefficient (Wildman–Crippen LogP) is 4.37. The van der Waals surface area contributed by atoms with Crippen molar-refractivity contribution in [2.45, 2.75) is 25.7 Å². The molecule has 0 aliphatic heterocycles. The molecule has 0 radical (unpaired) electrons. The van der Waals surface area contributed by atoms with E-state index in [4.69, 9.17) is 0 Å². The van der Waals surface area contributed by atoms with Crippen molar-refractivity contribution < 1.29 is 9.90 Å². The number of aliphatic hydroxyl groups is 1. The second-order valence-electron chi connectivity index (χ2n) is 5.90. The van der Waals surface area contributed by atoms with Crippen molar-refractivity contribution in [1.82, 2.24) is 0 Å². The molecule has 0 fully saturated rings. The maximum absolute atomic E-state index is 12.4. The average Bonchev–Trinajstić information content (AvgIpc) is 3.09. The summed E-state index contributed by atoms with van der Waals surface area (Å²) in [4.78, 5) is 18.0. The van der Waals surface area contributed by atoms with E-state index in [1.54, 1.807) is 24.3 Å². The number of Topliss-reactive ketones (excluding diaryl/α,β-unsaturated/α-hetero) is 1. The first-order valence-corrected chi connectivity index (χ1v) is 8.68. The Morgan fingerprint density at radius 3 is 2.71 bits per heavy atom. The van der Waals surface area contributed by atoms with Gasteiger partial charge in [0, 0.05) is 22.2 Å². The summed E-state index contributed by atoms with van der Waals surface area (Å²) in [5.74, 6) is -0.272. The lowest BCUT2D eigenvalue weighted by molar-refractivity contribution is 0.104. The van der Waals surface area contributed by atoms with Crippen molar-refractivity contribution in [3.63, 3.8) is 0 Å². The Kier molecular flexibility index (Phi) is 3.55. The molecule has 24 heavy (non-hydrogen) atoms. The Hall–Kier alpha value is -2.71. The Balaban J connectivity index is 1.73. The molecule has 0 spiro atoms. The van der Waals surface area contributed by atoms with Gasteiger partial charge in [-0.15, -0.1) is 11.3 Å². The number of nitriles is 1. The molecule has 4 nitrogen and oxygen atoms in total. The van der Waals surface area contributed by atoms with Crippen molar-refractivity contribution in [3.8, 4) is 6.07 Å². The van der Waals surface area contributed by atoms with Crippen LogP contribution >= 0.6 is 11.3 Å². The fourth-order valence-corrected chi connectivity index (χ4v) is 4.47. The first-order chi connectivity index (χ1) is 11.7. The number of nitrogens with zero attached hydrogens (tertiary/aromatic N) is 2. The van der Waals surface area contributed by atoms with Crippen LogP contribution < -0.4 is 0 Å². The highest BCUT2D eigenvalue weighted by atomic mass is 32.1. The summed E-state index contributed by atoms with van der Waals surface area (Å²) in [7, 11) is 0. The molecule has 0 unspecified atom stereocenters. The van der Waals surface area contributed by atoms with Crippen LogP contribution in [-0.4, -0.2) is 17.1 Å². The van der Waals surface area contributed by atoms with Crippen LogP contribution in [0.15, 0.2) is 34.8 Å². The summed E-state index contributed by atoms with van der Waals surface area (Å²) in [6.07, 6.45) is 5.55. The highest BCUT2D eigenvalue weighted by Gasteiger charge is 2.28. The summed E-state index contributed by atoms with van der Waals surface area (Å²) >= 11 is 1.52. The van der Waals surface area contributed by atoms with Gasteiger partial charge in [0.1, 0.15) is 16.8 Å². The molecular weight excluding hydrogens is 320 g/mol. The average molecular weight is 334 g/mol. The normalized spacial score (nSPS) is 16.4. The first kappa shape index (κ1) is 14.9. The van der Waals surface area contributed by atoms with Crippen molar-refractivity contribution in [2.24, 2.45) is 4.99 Å². The standard InChI is InChI=1S/C19H14N2O2S/c20-9-14-11-5-3-4-8-16(11)24-19(14)21-10-15-17(22)12-6-1-2-7-13(12)18(15)23/h1-2,6-7,10,22H,3-5,8H2/b21-10+. The van der Waals surface area contributed by atoms with Gasteiger partial charge in [-0.25, -0.2) is 4.99 Å². The van der Waals surface area contributed by atoms with Gasteiger partial charge in [-0.1, -0.05) is 24.3 Å². The molecule has 0 saturated carbocycles. The number of benzene rings is 1. The molecule has 1 aromatic heterocycles. The highest BCUT2D eigenvalue weighted by Crippen LogP contribution is 2.39. The molecule has 1 aromatic carbocycles. The van der Waals surface area contributed by atoms with Crippen LogP contribution in [0.2, 0.25) is 0 Å². The smallest absolute Gasteiger partial charge is 0.199 e. The highest BCUT2D eigenvalue weighted by molar-refractivity contribution is 7.16. The third-order valence-corrected chi connectivity index (χ3v) is 5.70. The number of aliphatic hydroxyl groups excluding tert-OH is 1. The van der Waals surface area contributed by atoms with Crippen LogP contribution in [0.4, 0.5) is 5.00 Å². The quantitative estimate of drug-likeness (QED) is 0.829. The molecule has 2 aliphatic rings. The molecule has 1 heterocycles. The Labute approximate surface area is 143 Å².